The lowest BCUT2D eigenvalue weighted by molar-refractivity contribution is -0.160. The van der Waals surface area contributed by atoms with Crippen molar-refractivity contribution >= 4 is 29.2 Å². The molecular formula is C9H14Cl2O5. The molecule has 1 saturated heterocycles. The van der Waals surface area contributed by atoms with E-state index in [9.17, 15) is 9.90 Å². The molecule has 5 nitrogen and oxygen atoms in total. The third-order valence-corrected chi connectivity index (χ3v) is 2.97. The number of methoxy groups -OCH3 is 1. The van der Waals surface area contributed by atoms with E-state index in [1.807, 2.05) is 0 Å². The molecule has 0 saturated carbocycles. The Morgan fingerprint density at radius 1 is 1.62 bits per heavy atom. The molecule has 1 rings (SSSR count). The molecule has 0 radical (unpaired) electrons. The van der Waals surface area contributed by atoms with Gasteiger partial charge in [-0.15, -0.1) is 0 Å². The molecule has 1 aliphatic rings. The number of esters is 1. The minimum Gasteiger partial charge on any atom is -0.467 e. The first-order chi connectivity index (χ1) is 7.20. The van der Waals surface area contributed by atoms with Crippen molar-refractivity contribution in [3.8, 4) is 0 Å². The summed E-state index contributed by atoms with van der Waals surface area (Å²) >= 11 is 11.4. The topological polar surface area (TPSA) is 65.0 Å². The minimum atomic E-state index is -2.07. The van der Waals surface area contributed by atoms with Gasteiger partial charge >= 0.3 is 5.97 Å². The smallest absolute Gasteiger partial charge is 0.345 e. The lowest BCUT2D eigenvalue weighted by Crippen LogP contribution is -2.48. The van der Waals surface area contributed by atoms with Gasteiger partial charge in [0.05, 0.1) is 13.7 Å². The van der Waals surface area contributed by atoms with Gasteiger partial charge in [0.2, 0.25) is 4.33 Å². The summed E-state index contributed by atoms with van der Waals surface area (Å²) in [7, 11) is 1.13. The van der Waals surface area contributed by atoms with Crippen molar-refractivity contribution in [1.29, 1.82) is 0 Å². The van der Waals surface area contributed by atoms with Gasteiger partial charge in [-0.1, -0.05) is 23.2 Å². The second-order valence-electron chi connectivity index (χ2n) is 3.93. The van der Waals surface area contributed by atoms with Crippen LogP contribution in [0.5, 0.6) is 0 Å². The lowest BCUT2D eigenvalue weighted by Gasteiger charge is -2.27. The molecule has 0 spiro atoms. The first-order valence-electron chi connectivity index (χ1n) is 4.67. The van der Waals surface area contributed by atoms with Crippen LogP contribution in [-0.4, -0.2) is 47.1 Å². The summed E-state index contributed by atoms with van der Waals surface area (Å²) < 4.78 is 12.9. The zero-order valence-corrected chi connectivity index (χ0v) is 10.7. The molecule has 16 heavy (non-hydrogen) atoms. The van der Waals surface area contributed by atoms with Crippen LogP contribution in [0, 0.1) is 0 Å². The molecule has 94 valence electrons. The van der Waals surface area contributed by atoms with Crippen LogP contribution in [-0.2, 0) is 19.0 Å². The highest BCUT2D eigenvalue weighted by Crippen LogP contribution is 2.34. The Labute approximate surface area is 104 Å². The first-order valence-corrected chi connectivity index (χ1v) is 5.42. The summed E-state index contributed by atoms with van der Waals surface area (Å²) in [6.45, 7) is 3.47. The summed E-state index contributed by atoms with van der Waals surface area (Å²) in [6.07, 6.45) is -2.20. The van der Waals surface area contributed by atoms with Crippen LogP contribution in [0.2, 0.25) is 0 Å². The molecule has 0 aromatic carbocycles. The molecule has 1 heterocycles. The summed E-state index contributed by atoms with van der Waals surface area (Å²) in [5.41, 5.74) is 0. The quantitative estimate of drug-likeness (QED) is 0.610. The summed E-state index contributed by atoms with van der Waals surface area (Å²) in [5, 5.41) is 9.84. The second kappa shape index (κ2) is 4.66. The lowest BCUT2D eigenvalue weighted by atomic mass is 10.1. The number of aliphatic hydroxyl groups excluding tert-OH is 1. The van der Waals surface area contributed by atoms with Crippen molar-refractivity contribution in [2.24, 2.45) is 0 Å². The number of halogens is 2. The average molecular weight is 273 g/mol. The van der Waals surface area contributed by atoms with Gasteiger partial charge in [-0.3, -0.25) is 0 Å². The zero-order valence-electron chi connectivity index (χ0n) is 9.20. The van der Waals surface area contributed by atoms with E-state index in [0.29, 0.717) is 0 Å². The largest absolute Gasteiger partial charge is 0.467 e. The van der Waals surface area contributed by atoms with Gasteiger partial charge in [0.15, 0.2) is 5.79 Å². The predicted molar refractivity (Wildman–Crippen MR) is 57.4 cm³/mol. The molecule has 1 N–H and O–H groups in total. The number of carbonyl (C=O) groups excluding carboxylic acids is 1. The second-order valence-corrected chi connectivity index (χ2v) is 5.31. The van der Waals surface area contributed by atoms with Crippen LogP contribution in [0.25, 0.3) is 0 Å². The van der Waals surface area contributed by atoms with E-state index >= 15 is 0 Å². The molecule has 0 aromatic heterocycles. The highest BCUT2D eigenvalue weighted by atomic mass is 35.5. The Balaban J connectivity index is 2.71. The fraction of sp³-hybridized carbons (Fsp3) is 0.889. The first kappa shape index (κ1) is 14.0. The zero-order chi connectivity index (χ0) is 12.6. The molecule has 1 fully saturated rings. The number of ether oxygens (including phenoxy) is 3. The van der Waals surface area contributed by atoms with Gasteiger partial charge in [-0.25, -0.2) is 4.79 Å². The number of rotatable bonds is 3. The molecule has 1 aliphatic heterocycles. The van der Waals surface area contributed by atoms with Gasteiger partial charge in [0.25, 0.3) is 0 Å². The maximum absolute atomic E-state index is 11.3. The minimum absolute atomic E-state index is 0.104. The Kier molecular flexibility index (Phi) is 4.08. The Morgan fingerprint density at radius 2 is 2.19 bits per heavy atom. The van der Waals surface area contributed by atoms with Crippen molar-refractivity contribution in [2.45, 2.75) is 36.2 Å². The van der Waals surface area contributed by atoms with E-state index in [-0.39, 0.29) is 6.61 Å². The van der Waals surface area contributed by atoms with Crippen LogP contribution in [0.1, 0.15) is 13.8 Å². The number of carbonyl (C=O) groups is 1. The highest BCUT2D eigenvalue weighted by Gasteiger charge is 2.50. The standard InChI is InChI=1S/C9H14Cl2O5/c1-8(2)15-4-5(16-8)6(12)9(10,11)7(13)14-3/h5-6,12H,4H2,1-3H3. The van der Waals surface area contributed by atoms with Crippen molar-refractivity contribution in [2.75, 3.05) is 13.7 Å². The molecule has 0 bridgehead atoms. The van der Waals surface area contributed by atoms with Gasteiger partial charge in [-0.2, -0.15) is 0 Å². The van der Waals surface area contributed by atoms with Crippen LogP contribution in [0.4, 0.5) is 0 Å². The van der Waals surface area contributed by atoms with Crippen LogP contribution in [0.15, 0.2) is 0 Å². The SMILES string of the molecule is COC(=O)C(Cl)(Cl)C(O)C1COC(C)(C)O1. The van der Waals surface area contributed by atoms with Gasteiger partial charge in [0, 0.05) is 0 Å². The molecule has 7 heteroatoms. The Bertz CT molecular complexity index is 279. The fourth-order valence-electron chi connectivity index (χ4n) is 1.36. The molecule has 0 amide bonds. The third kappa shape index (κ3) is 2.78. The van der Waals surface area contributed by atoms with E-state index < -0.39 is 28.3 Å². The van der Waals surface area contributed by atoms with E-state index in [2.05, 4.69) is 4.74 Å². The number of aliphatic hydroxyl groups is 1. The van der Waals surface area contributed by atoms with Crippen molar-refractivity contribution in [3.63, 3.8) is 0 Å². The summed E-state index contributed by atoms with van der Waals surface area (Å²) in [4.78, 5) is 11.3. The number of hydrogen-bond acceptors (Lipinski definition) is 5. The Hall–Kier alpha value is -0.0700. The highest BCUT2D eigenvalue weighted by molar-refractivity contribution is 6.58. The molecule has 0 aromatic rings. The molecule has 2 atom stereocenters. The Morgan fingerprint density at radius 3 is 2.56 bits per heavy atom. The van der Waals surface area contributed by atoms with Gasteiger partial charge in [-0.05, 0) is 13.8 Å². The summed E-state index contributed by atoms with van der Waals surface area (Å²) in [5.74, 6) is -1.76. The number of alkyl halides is 2. The molecule has 2 unspecified atom stereocenters. The molecule has 0 aliphatic carbocycles. The fourth-order valence-corrected chi connectivity index (χ4v) is 1.80. The van der Waals surface area contributed by atoms with Crippen molar-refractivity contribution in [1.82, 2.24) is 0 Å². The van der Waals surface area contributed by atoms with Crippen molar-refractivity contribution < 1.29 is 24.1 Å². The van der Waals surface area contributed by atoms with Crippen LogP contribution in [0.3, 0.4) is 0 Å². The van der Waals surface area contributed by atoms with Crippen molar-refractivity contribution in [3.05, 3.63) is 0 Å². The summed E-state index contributed by atoms with van der Waals surface area (Å²) in [6, 6.07) is 0. The maximum atomic E-state index is 11.3. The normalized spacial score (nSPS) is 26.5. The van der Waals surface area contributed by atoms with Gasteiger partial charge in [0.1, 0.15) is 12.2 Å². The predicted octanol–water partition coefficient (Wildman–Crippen LogP) is 0.846. The van der Waals surface area contributed by atoms with E-state index in [4.69, 9.17) is 32.7 Å². The van der Waals surface area contributed by atoms with Gasteiger partial charge < -0.3 is 19.3 Å². The van der Waals surface area contributed by atoms with E-state index in [1.165, 1.54) is 0 Å². The van der Waals surface area contributed by atoms with Crippen LogP contribution >= 0.6 is 23.2 Å². The van der Waals surface area contributed by atoms with Crippen LogP contribution < -0.4 is 0 Å². The van der Waals surface area contributed by atoms with E-state index in [1.54, 1.807) is 13.8 Å². The monoisotopic (exact) mass is 272 g/mol. The maximum Gasteiger partial charge on any atom is 0.345 e. The average Bonchev–Trinajstić information content (AvgIpc) is 2.56. The number of hydrogen-bond donors (Lipinski definition) is 1. The third-order valence-electron chi connectivity index (χ3n) is 2.21. The molecular weight excluding hydrogens is 259 g/mol. The van der Waals surface area contributed by atoms with E-state index in [0.717, 1.165) is 7.11 Å².